The highest BCUT2D eigenvalue weighted by Crippen LogP contribution is 2.14. The molecule has 0 radical (unpaired) electrons. The SMILES string of the molecule is CCCCCCC(C)NC(=NCc1ccc(N2CCN(C)CC2)nc1)NCC. The Hall–Kier alpha value is -1.82. The summed E-state index contributed by atoms with van der Waals surface area (Å²) in [7, 11) is 2.17. The summed E-state index contributed by atoms with van der Waals surface area (Å²) >= 11 is 0. The van der Waals surface area contributed by atoms with Gasteiger partial charge in [0.25, 0.3) is 0 Å². The molecule has 1 fully saturated rings. The van der Waals surface area contributed by atoms with Crippen LogP contribution in [-0.4, -0.2) is 61.7 Å². The molecule has 0 spiro atoms. The number of piperazine rings is 1. The third-order valence-corrected chi connectivity index (χ3v) is 5.27. The second-order valence-corrected chi connectivity index (χ2v) is 7.90. The van der Waals surface area contributed by atoms with Crippen LogP contribution in [0, 0.1) is 0 Å². The van der Waals surface area contributed by atoms with E-state index in [2.05, 4.69) is 65.4 Å². The zero-order valence-electron chi connectivity index (χ0n) is 18.4. The van der Waals surface area contributed by atoms with Gasteiger partial charge in [0.15, 0.2) is 5.96 Å². The van der Waals surface area contributed by atoms with Gasteiger partial charge in [0.2, 0.25) is 0 Å². The topological polar surface area (TPSA) is 55.8 Å². The second kappa shape index (κ2) is 12.6. The van der Waals surface area contributed by atoms with Gasteiger partial charge in [-0.1, -0.05) is 38.7 Å². The second-order valence-electron chi connectivity index (χ2n) is 7.90. The minimum atomic E-state index is 0.437. The molecule has 1 aromatic rings. The summed E-state index contributed by atoms with van der Waals surface area (Å²) in [5, 5.41) is 6.90. The molecule has 1 aliphatic heterocycles. The average Bonchev–Trinajstić information content (AvgIpc) is 2.71. The fourth-order valence-corrected chi connectivity index (χ4v) is 3.41. The molecule has 0 amide bonds. The molecule has 0 aliphatic carbocycles. The van der Waals surface area contributed by atoms with E-state index in [0.29, 0.717) is 12.6 Å². The van der Waals surface area contributed by atoms with Crippen LogP contribution in [0.1, 0.15) is 58.4 Å². The molecule has 28 heavy (non-hydrogen) atoms. The van der Waals surface area contributed by atoms with Crippen molar-refractivity contribution in [1.82, 2.24) is 20.5 Å². The molecule has 0 aromatic carbocycles. The van der Waals surface area contributed by atoms with Crippen LogP contribution in [0.15, 0.2) is 23.3 Å². The summed E-state index contributed by atoms with van der Waals surface area (Å²) in [5.41, 5.74) is 1.14. The molecule has 1 aromatic heterocycles. The van der Waals surface area contributed by atoms with Crippen LogP contribution in [-0.2, 0) is 6.54 Å². The zero-order valence-corrected chi connectivity index (χ0v) is 18.4. The first-order valence-electron chi connectivity index (χ1n) is 11.1. The molecular weight excluding hydrogens is 348 g/mol. The lowest BCUT2D eigenvalue weighted by atomic mass is 10.1. The van der Waals surface area contributed by atoms with Crippen LogP contribution in [0.3, 0.4) is 0 Å². The molecular formula is C22H40N6. The van der Waals surface area contributed by atoms with Crippen LogP contribution in [0.25, 0.3) is 0 Å². The molecule has 1 atom stereocenters. The zero-order chi connectivity index (χ0) is 20.2. The van der Waals surface area contributed by atoms with E-state index in [0.717, 1.165) is 50.1 Å². The van der Waals surface area contributed by atoms with Crippen molar-refractivity contribution in [2.75, 3.05) is 44.7 Å². The van der Waals surface area contributed by atoms with E-state index < -0.39 is 0 Å². The lowest BCUT2D eigenvalue weighted by Crippen LogP contribution is -2.44. The molecule has 6 nitrogen and oxygen atoms in total. The Labute approximate surface area is 171 Å². The van der Waals surface area contributed by atoms with E-state index in [4.69, 9.17) is 4.99 Å². The first-order chi connectivity index (χ1) is 13.6. The highest BCUT2D eigenvalue weighted by molar-refractivity contribution is 5.80. The van der Waals surface area contributed by atoms with Gasteiger partial charge >= 0.3 is 0 Å². The monoisotopic (exact) mass is 388 g/mol. The highest BCUT2D eigenvalue weighted by atomic mass is 15.3. The van der Waals surface area contributed by atoms with Gasteiger partial charge in [0.05, 0.1) is 6.54 Å². The normalized spacial score (nSPS) is 16.9. The fourth-order valence-electron chi connectivity index (χ4n) is 3.41. The van der Waals surface area contributed by atoms with E-state index >= 15 is 0 Å². The van der Waals surface area contributed by atoms with E-state index in [1.165, 1.54) is 32.1 Å². The number of aromatic nitrogens is 1. The number of pyridine rings is 1. The number of anilines is 1. The van der Waals surface area contributed by atoms with Crippen LogP contribution in [0.5, 0.6) is 0 Å². The van der Waals surface area contributed by atoms with Gasteiger partial charge in [-0.05, 0) is 38.9 Å². The maximum absolute atomic E-state index is 4.75. The van der Waals surface area contributed by atoms with Crippen molar-refractivity contribution in [2.24, 2.45) is 4.99 Å². The van der Waals surface area contributed by atoms with Crippen molar-refractivity contribution in [1.29, 1.82) is 0 Å². The fraction of sp³-hybridized carbons (Fsp3) is 0.727. The minimum Gasteiger partial charge on any atom is -0.357 e. The Bertz CT molecular complexity index is 563. The van der Waals surface area contributed by atoms with Gasteiger partial charge < -0.3 is 20.4 Å². The molecule has 0 bridgehead atoms. The first-order valence-corrected chi connectivity index (χ1v) is 11.1. The molecule has 158 valence electrons. The lowest BCUT2D eigenvalue weighted by molar-refractivity contribution is 0.312. The quantitative estimate of drug-likeness (QED) is 0.366. The summed E-state index contributed by atoms with van der Waals surface area (Å²) in [6.07, 6.45) is 8.37. The van der Waals surface area contributed by atoms with Crippen molar-refractivity contribution in [3.8, 4) is 0 Å². The van der Waals surface area contributed by atoms with Gasteiger partial charge in [-0.3, -0.25) is 0 Å². The van der Waals surface area contributed by atoms with Gasteiger partial charge in [-0.2, -0.15) is 0 Å². The predicted molar refractivity (Wildman–Crippen MR) is 120 cm³/mol. The summed E-state index contributed by atoms with van der Waals surface area (Å²) in [6, 6.07) is 4.72. The Morgan fingerprint density at radius 2 is 1.93 bits per heavy atom. The number of nitrogens with zero attached hydrogens (tertiary/aromatic N) is 4. The van der Waals surface area contributed by atoms with Crippen LogP contribution in [0.4, 0.5) is 5.82 Å². The van der Waals surface area contributed by atoms with Gasteiger partial charge in [0.1, 0.15) is 5.82 Å². The van der Waals surface area contributed by atoms with E-state index in [1.807, 2.05) is 6.20 Å². The van der Waals surface area contributed by atoms with Crippen molar-refractivity contribution < 1.29 is 0 Å². The number of aliphatic imine (C=N–C) groups is 1. The number of hydrogen-bond donors (Lipinski definition) is 2. The lowest BCUT2D eigenvalue weighted by Gasteiger charge is -2.33. The van der Waals surface area contributed by atoms with Crippen molar-refractivity contribution in [2.45, 2.75) is 65.5 Å². The van der Waals surface area contributed by atoms with Crippen molar-refractivity contribution in [3.63, 3.8) is 0 Å². The van der Waals surface area contributed by atoms with Gasteiger partial charge in [0, 0.05) is 45.0 Å². The summed E-state index contributed by atoms with van der Waals surface area (Å²) in [5.74, 6) is 1.97. The number of unbranched alkanes of at least 4 members (excludes halogenated alkanes) is 3. The van der Waals surface area contributed by atoms with Crippen LogP contribution >= 0.6 is 0 Å². The standard InChI is InChI=1S/C22H40N6/c1-5-7-8-9-10-19(3)26-22(23-6-2)25-18-20-11-12-21(24-17-20)28-15-13-27(4)14-16-28/h11-12,17,19H,5-10,13-16,18H2,1-4H3,(H2,23,25,26). The molecule has 2 rings (SSSR count). The third kappa shape index (κ3) is 8.05. The smallest absolute Gasteiger partial charge is 0.191 e. The van der Waals surface area contributed by atoms with Crippen LogP contribution < -0.4 is 15.5 Å². The van der Waals surface area contributed by atoms with Crippen LogP contribution in [0.2, 0.25) is 0 Å². The number of likely N-dealkylation sites (N-methyl/N-ethyl adjacent to an activating group) is 1. The molecule has 1 unspecified atom stereocenters. The van der Waals surface area contributed by atoms with E-state index in [-0.39, 0.29) is 0 Å². The maximum atomic E-state index is 4.75. The third-order valence-electron chi connectivity index (χ3n) is 5.27. The Morgan fingerprint density at radius 1 is 1.14 bits per heavy atom. The number of rotatable bonds is 10. The van der Waals surface area contributed by atoms with Crippen molar-refractivity contribution in [3.05, 3.63) is 23.9 Å². The van der Waals surface area contributed by atoms with Gasteiger partial charge in [-0.25, -0.2) is 9.98 Å². The number of hydrogen-bond acceptors (Lipinski definition) is 4. The number of nitrogens with one attached hydrogen (secondary N) is 2. The highest BCUT2D eigenvalue weighted by Gasteiger charge is 2.14. The summed E-state index contributed by atoms with van der Waals surface area (Å²) in [4.78, 5) is 14.1. The molecule has 1 saturated heterocycles. The van der Waals surface area contributed by atoms with Crippen molar-refractivity contribution >= 4 is 11.8 Å². The number of guanidine groups is 1. The summed E-state index contributed by atoms with van der Waals surface area (Å²) in [6.45, 7) is 12.4. The van der Waals surface area contributed by atoms with E-state index in [1.54, 1.807) is 0 Å². The molecule has 2 heterocycles. The molecule has 6 heteroatoms. The molecule has 2 N–H and O–H groups in total. The minimum absolute atomic E-state index is 0.437. The van der Waals surface area contributed by atoms with E-state index in [9.17, 15) is 0 Å². The largest absolute Gasteiger partial charge is 0.357 e. The van der Waals surface area contributed by atoms with Gasteiger partial charge in [-0.15, -0.1) is 0 Å². The average molecular weight is 389 g/mol. The predicted octanol–water partition coefficient (Wildman–Crippen LogP) is 3.25. The first kappa shape index (κ1) is 22.5. The Balaban J connectivity index is 1.84. The molecule has 1 aliphatic rings. The Kier molecular flexibility index (Phi) is 10.1. The Morgan fingerprint density at radius 3 is 2.57 bits per heavy atom. The maximum Gasteiger partial charge on any atom is 0.191 e. The summed E-state index contributed by atoms with van der Waals surface area (Å²) < 4.78 is 0. The molecule has 0 saturated carbocycles.